The molecule has 18 heavy (non-hydrogen) atoms. The topological polar surface area (TPSA) is 76.4 Å². The third-order valence-electron chi connectivity index (χ3n) is 3.05. The van der Waals surface area contributed by atoms with Gasteiger partial charge in [-0.3, -0.25) is 4.79 Å². The number of aliphatic hydroxyl groups is 1. The van der Waals surface area contributed by atoms with E-state index in [1.807, 2.05) is 6.92 Å². The molecule has 0 aliphatic carbocycles. The second-order valence-corrected chi connectivity index (χ2v) is 4.65. The van der Waals surface area contributed by atoms with Crippen molar-refractivity contribution in [1.82, 2.24) is 9.55 Å². The van der Waals surface area contributed by atoms with Crippen molar-refractivity contribution in [2.75, 3.05) is 25.1 Å². The quantitative estimate of drug-likeness (QED) is 0.785. The van der Waals surface area contributed by atoms with Gasteiger partial charge in [0.2, 0.25) is 0 Å². The molecule has 0 bridgehead atoms. The molecule has 100 valence electrons. The van der Waals surface area contributed by atoms with Gasteiger partial charge < -0.3 is 19.7 Å². The highest BCUT2D eigenvalue weighted by molar-refractivity contribution is 5.31. The van der Waals surface area contributed by atoms with Gasteiger partial charge in [0, 0.05) is 38.5 Å². The number of ether oxygens (including phenoxy) is 1. The van der Waals surface area contributed by atoms with Crippen molar-refractivity contribution in [3.8, 4) is 0 Å². The van der Waals surface area contributed by atoms with Gasteiger partial charge in [-0.15, -0.1) is 0 Å². The molecule has 6 heteroatoms. The van der Waals surface area contributed by atoms with Gasteiger partial charge in [0.15, 0.2) is 5.82 Å². The van der Waals surface area contributed by atoms with Gasteiger partial charge in [-0.1, -0.05) is 6.92 Å². The SMILES string of the molecule is CCCn1ccnc(NCC2(O)CCOC2)c1=O. The van der Waals surface area contributed by atoms with Crippen LogP contribution < -0.4 is 10.9 Å². The molecule has 0 amide bonds. The minimum atomic E-state index is -0.889. The maximum Gasteiger partial charge on any atom is 0.293 e. The highest BCUT2D eigenvalue weighted by Crippen LogP contribution is 2.17. The van der Waals surface area contributed by atoms with E-state index in [-0.39, 0.29) is 17.9 Å². The Bertz CT molecular complexity index is 452. The monoisotopic (exact) mass is 253 g/mol. The fourth-order valence-electron chi connectivity index (χ4n) is 1.97. The Kier molecular flexibility index (Phi) is 3.98. The molecule has 2 rings (SSSR count). The van der Waals surface area contributed by atoms with Crippen LogP contribution >= 0.6 is 0 Å². The Hall–Kier alpha value is -1.40. The summed E-state index contributed by atoms with van der Waals surface area (Å²) in [4.78, 5) is 16.0. The lowest BCUT2D eigenvalue weighted by Gasteiger charge is -2.20. The summed E-state index contributed by atoms with van der Waals surface area (Å²) in [5.74, 6) is 0.284. The van der Waals surface area contributed by atoms with Crippen molar-refractivity contribution in [2.45, 2.75) is 31.9 Å². The third-order valence-corrected chi connectivity index (χ3v) is 3.05. The van der Waals surface area contributed by atoms with Crippen LogP contribution in [0, 0.1) is 0 Å². The van der Waals surface area contributed by atoms with Crippen LogP contribution in [0.4, 0.5) is 5.82 Å². The molecule has 0 saturated carbocycles. The van der Waals surface area contributed by atoms with E-state index in [1.165, 1.54) is 0 Å². The Morgan fingerprint density at radius 1 is 1.67 bits per heavy atom. The lowest BCUT2D eigenvalue weighted by atomic mass is 10.0. The molecule has 1 unspecified atom stereocenters. The van der Waals surface area contributed by atoms with Crippen LogP contribution in [-0.4, -0.2) is 40.0 Å². The van der Waals surface area contributed by atoms with E-state index in [1.54, 1.807) is 17.0 Å². The van der Waals surface area contributed by atoms with Gasteiger partial charge in [-0.05, 0) is 6.42 Å². The number of nitrogens with zero attached hydrogens (tertiary/aromatic N) is 2. The molecule has 1 fully saturated rings. The molecule has 1 aromatic heterocycles. The number of aromatic nitrogens is 2. The molecule has 1 aromatic rings. The van der Waals surface area contributed by atoms with Gasteiger partial charge in [-0.25, -0.2) is 4.98 Å². The van der Waals surface area contributed by atoms with Crippen molar-refractivity contribution >= 4 is 5.82 Å². The summed E-state index contributed by atoms with van der Waals surface area (Å²) in [5, 5.41) is 13.0. The minimum absolute atomic E-state index is 0.151. The van der Waals surface area contributed by atoms with E-state index in [2.05, 4.69) is 10.3 Å². The minimum Gasteiger partial charge on any atom is -0.386 e. The van der Waals surface area contributed by atoms with Crippen molar-refractivity contribution in [2.24, 2.45) is 0 Å². The summed E-state index contributed by atoms with van der Waals surface area (Å²) in [6.07, 6.45) is 4.73. The van der Waals surface area contributed by atoms with Crippen LogP contribution in [0.5, 0.6) is 0 Å². The van der Waals surface area contributed by atoms with Gasteiger partial charge in [0.1, 0.15) is 5.60 Å². The second-order valence-electron chi connectivity index (χ2n) is 4.65. The largest absolute Gasteiger partial charge is 0.386 e. The third kappa shape index (κ3) is 2.88. The highest BCUT2D eigenvalue weighted by Gasteiger charge is 2.32. The second kappa shape index (κ2) is 5.49. The van der Waals surface area contributed by atoms with Gasteiger partial charge in [0.25, 0.3) is 5.56 Å². The summed E-state index contributed by atoms with van der Waals surface area (Å²) in [7, 11) is 0. The highest BCUT2D eigenvalue weighted by atomic mass is 16.5. The lowest BCUT2D eigenvalue weighted by Crippen LogP contribution is -2.39. The Morgan fingerprint density at radius 2 is 2.50 bits per heavy atom. The van der Waals surface area contributed by atoms with E-state index in [9.17, 15) is 9.90 Å². The number of hydrogen-bond donors (Lipinski definition) is 2. The summed E-state index contributed by atoms with van der Waals surface area (Å²) < 4.78 is 6.76. The maximum absolute atomic E-state index is 12.0. The van der Waals surface area contributed by atoms with Crippen LogP contribution in [0.15, 0.2) is 17.2 Å². The van der Waals surface area contributed by atoms with E-state index < -0.39 is 5.60 Å². The van der Waals surface area contributed by atoms with Gasteiger partial charge in [0.05, 0.1) is 6.61 Å². The lowest BCUT2D eigenvalue weighted by molar-refractivity contribution is 0.0381. The van der Waals surface area contributed by atoms with E-state index in [4.69, 9.17) is 4.74 Å². The van der Waals surface area contributed by atoms with E-state index in [0.717, 1.165) is 6.42 Å². The Labute approximate surface area is 106 Å². The van der Waals surface area contributed by atoms with Crippen molar-refractivity contribution in [3.05, 3.63) is 22.7 Å². The number of hydrogen-bond acceptors (Lipinski definition) is 5. The molecule has 1 aliphatic rings. The molecule has 6 nitrogen and oxygen atoms in total. The normalized spacial score (nSPS) is 23.2. The van der Waals surface area contributed by atoms with E-state index >= 15 is 0 Å². The molecule has 2 N–H and O–H groups in total. The predicted molar refractivity (Wildman–Crippen MR) is 67.7 cm³/mol. The zero-order valence-corrected chi connectivity index (χ0v) is 10.6. The molecular weight excluding hydrogens is 234 g/mol. The molecule has 0 spiro atoms. The summed E-state index contributed by atoms with van der Waals surface area (Å²) in [5.41, 5.74) is -1.04. The Balaban J connectivity index is 2.05. The molecule has 0 aromatic carbocycles. The first-order chi connectivity index (χ1) is 8.64. The Morgan fingerprint density at radius 3 is 3.17 bits per heavy atom. The molecule has 1 aliphatic heterocycles. The summed E-state index contributed by atoms with van der Waals surface area (Å²) >= 11 is 0. The molecular formula is C12H19N3O3. The first-order valence-corrected chi connectivity index (χ1v) is 6.24. The first-order valence-electron chi connectivity index (χ1n) is 6.24. The van der Waals surface area contributed by atoms with E-state index in [0.29, 0.717) is 26.2 Å². The standard InChI is InChI=1S/C12H19N3O3/c1-2-5-15-6-4-13-10(11(15)16)14-8-12(17)3-7-18-9-12/h4,6,17H,2-3,5,7-9H2,1H3,(H,13,14). The average molecular weight is 253 g/mol. The summed E-state index contributed by atoms with van der Waals surface area (Å²) in [6.45, 7) is 3.82. The maximum atomic E-state index is 12.0. The number of rotatable bonds is 5. The number of anilines is 1. The van der Waals surface area contributed by atoms with Gasteiger partial charge in [-0.2, -0.15) is 0 Å². The fourth-order valence-corrected chi connectivity index (χ4v) is 1.97. The molecule has 2 heterocycles. The molecule has 0 radical (unpaired) electrons. The van der Waals surface area contributed by atoms with Crippen LogP contribution in [0.25, 0.3) is 0 Å². The van der Waals surface area contributed by atoms with Crippen LogP contribution in [-0.2, 0) is 11.3 Å². The number of aryl methyl sites for hydroxylation is 1. The zero-order chi connectivity index (χ0) is 13.0. The van der Waals surface area contributed by atoms with Crippen molar-refractivity contribution < 1.29 is 9.84 Å². The fraction of sp³-hybridized carbons (Fsp3) is 0.667. The molecule has 1 saturated heterocycles. The summed E-state index contributed by atoms with van der Waals surface area (Å²) in [6, 6.07) is 0. The average Bonchev–Trinajstić information content (AvgIpc) is 2.78. The van der Waals surface area contributed by atoms with Crippen molar-refractivity contribution in [3.63, 3.8) is 0 Å². The van der Waals surface area contributed by atoms with Crippen LogP contribution in [0.1, 0.15) is 19.8 Å². The smallest absolute Gasteiger partial charge is 0.293 e. The van der Waals surface area contributed by atoms with Crippen molar-refractivity contribution in [1.29, 1.82) is 0 Å². The van der Waals surface area contributed by atoms with Crippen LogP contribution in [0.2, 0.25) is 0 Å². The molecule has 1 atom stereocenters. The number of nitrogens with one attached hydrogen (secondary N) is 1. The van der Waals surface area contributed by atoms with Gasteiger partial charge >= 0.3 is 0 Å². The predicted octanol–water partition coefficient (Wildman–Crippen LogP) is 0.217. The van der Waals surface area contributed by atoms with Crippen LogP contribution in [0.3, 0.4) is 0 Å². The zero-order valence-electron chi connectivity index (χ0n) is 10.6. The first kappa shape index (κ1) is 13.0.